The van der Waals surface area contributed by atoms with Crippen molar-refractivity contribution < 1.29 is 9.94 Å². The maximum absolute atomic E-state index is 8.64. The molecule has 0 aliphatic rings. The van der Waals surface area contributed by atoms with Crippen LogP contribution in [0.25, 0.3) is 11.0 Å². The van der Waals surface area contributed by atoms with Crippen LogP contribution in [0, 0.1) is 6.92 Å². The van der Waals surface area contributed by atoms with E-state index >= 15 is 0 Å². The minimum atomic E-state index is 0.503. The van der Waals surface area contributed by atoms with E-state index in [0.717, 1.165) is 22.7 Å². The van der Waals surface area contributed by atoms with Crippen LogP contribution >= 0.6 is 0 Å². The third kappa shape index (κ3) is 3.64. The largest absolute Gasteiger partial charge is 0.457 e. The third-order valence-electron chi connectivity index (χ3n) is 4.34. The Morgan fingerprint density at radius 2 is 1.86 bits per heavy atom. The Kier molecular flexibility index (Phi) is 4.63. The van der Waals surface area contributed by atoms with E-state index in [1.54, 1.807) is 18.3 Å². The highest BCUT2D eigenvalue weighted by molar-refractivity contribution is 5.81. The van der Waals surface area contributed by atoms with Gasteiger partial charge in [0, 0.05) is 31.1 Å². The summed E-state index contributed by atoms with van der Waals surface area (Å²) in [5, 5.41) is 15.0. The first-order chi connectivity index (χ1) is 13.6. The van der Waals surface area contributed by atoms with Crippen molar-refractivity contribution in [3.8, 4) is 11.5 Å². The Labute approximate surface area is 161 Å². The number of oxime groups is 1. The van der Waals surface area contributed by atoms with Gasteiger partial charge in [-0.2, -0.15) is 0 Å². The molecule has 0 unspecified atom stereocenters. The van der Waals surface area contributed by atoms with Gasteiger partial charge in [0.2, 0.25) is 5.95 Å². The maximum atomic E-state index is 8.64. The summed E-state index contributed by atoms with van der Waals surface area (Å²) in [4.78, 5) is 8.75. The van der Waals surface area contributed by atoms with Crippen LogP contribution in [0.15, 0.2) is 65.9 Å². The monoisotopic (exact) mass is 373 g/mol. The molecule has 4 aromatic rings. The zero-order valence-corrected chi connectivity index (χ0v) is 15.5. The van der Waals surface area contributed by atoms with Gasteiger partial charge in [0.1, 0.15) is 11.5 Å². The van der Waals surface area contributed by atoms with E-state index in [1.165, 1.54) is 11.8 Å². The van der Waals surface area contributed by atoms with Gasteiger partial charge in [0.05, 0.1) is 22.9 Å². The first-order valence-corrected chi connectivity index (χ1v) is 8.74. The molecule has 0 aliphatic heterocycles. The van der Waals surface area contributed by atoms with E-state index in [2.05, 4.69) is 39.5 Å². The molecule has 0 fully saturated rings. The summed E-state index contributed by atoms with van der Waals surface area (Å²) in [5.74, 6) is 2.00. The van der Waals surface area contributed by atoms with Gasteiger partial charge in [-0.15, -0.1) is 0 Å². The molecule has 0 bridgehead atoms. The Balaban J connectivity index is 1.60. The predicted molar refractivity (Wildman–Crippen MR) is 109 cm³/mol. The first kappa shape index (κ1) is 17.5. The molecule has 0 amide bonds. The summed E-state index contributed by atoms with van der Waals surface area (Å²) in [6, 6.07) is 17.3. The number of imidazole rings is 1. The zero-order chi connectivity index (χ0) is 19.5. The lowest BCUT2D eigenvalue weighted by Gasteiger charge is -2.07. The highest BCUT2D eigenvalue weighted by Gasteiger charge is 2.10. The second-order valence-electron chi connectivity index (χ2n) is 6.40. The van der Waals surface area contributed by atoms with Crippen molar-refractivity contribution in [1.82, 2.24) is 14.5 Å². The van der Waals surface area contributed by atoms with Crippen molar-refractivity contribution in [1.29, 1.82) is 0 Å². The van der Waals surface area contributed by atoms with Crippen LogP contribution in [0.1, 0.15) is 11.3 Å². The van der Waals surface area contributed by atoms with Gasteiger partial charge in [-0.05, 0) is 37.3 Å². The summed E-state index contributed by atoms with van der Waals surface area (Å²) in [7, 11) is 1.97. The minimum absolute atomic E-state index is 0.503. The van der Waals surface area contributed by atoms with Crippen LogP contribution in [-0.4, -0.2) is 26.0 Å². The molecule has 0 atom stereocenters. The molecule has 0 saturated carbocycles. The van der Waals surface area contributed by atoms with Crippen LogP contribution in [0.5, 0.6) is 11.5 Å². The fraction of sp³-hybridized carbons (Fsp3) is 0.0952. The van der Waals surface area contributed by atoms with E-state index in [1.807, 2.05) is 41.9 Å². The number of hydrogen-bond acceptors (Lipinski definition) is 6. The Hall–Kier alpha value is -3.87. The Morgan fingerprint density at radius 3 is 2.64 bits per heavy atom. The number of aromatic nitrogens is 3. The summed E-state index contributed by atoms with van der Waals surface area (Å²) >= 11 is 0. The number of benzene rings is 2. The molecule has 7 nitrogen and oxygen atoms in total. The number of nitrogens with zero attached hydrogens (tertiary/aromatic N) is 4. The molecule has 0 saturated heterocycles. The number of ether oxygens (including phenoxy) is 1. The van der Waals surface area contributed by atoms with Crippen molar-refractivity contribution in [3.05, 3.63) is 72.1 Å². The van der Waals surface area contributed by atoms with Crippen LogP contribution in [0.4, 0.5) is 11.6 Å². The fourth-order valence-corrected chi connectivity index (χ4v) is 2.88. The van der Waals surface area contributed by atoms with Gasteiger partial charge in [-0.1, -0.05) is 22.9 Å². The number of pyridine rings is 1. The minimum Gasteiger partial charge on any atom is -0.457 e. The van der Waals surface area contributed by atoms with Crippen molar-refractivity contribution in [2.45, 2.75) is 6.92 Å². The van der Waals surface area contributed by atoms with Crippen LogP contribution in [-0.2, 0) is 7.05 Å². The van der Waals surface area contributed by atoms with Crippen LogP contribution in [0.3, 0.4) is 0 Å². The second-order valence-corrected chi connectivity index (χ2v) is 6.40. The van der Waals surface area contributed by atoms with E-state index in [-0.39, 0.29) is 0 Å². The first-order valence-electron chi connectivity index (χ1n) is 8.74. The highest BCUT2D eigenvalue weighted by atomic mass is 16.5. The van der Waals surface area contributed by atoms with Crippen molar-refractivity contribution >= 4 is 28.9 Å². The highest BCUT2D eigenvalue weighted by Crippen LogP contribution is 2.28. The van der Waals surface area contributed by atoms with Crippen molar-refractivity contribution in [3.63, 3.8) is 0 Å². The molecule has 0 radical (unpaired) electrons. The van der Waals surface area contributed by atoms with Crippen LogP contribution < -0.4 is 10.1 Å². The number of anilines is 2. The molecule has 4 rings (SSSR count). The Morgan fingerprint density at radius 1 is 1.07 bits per heavy atom. The molecule has 0 aliphatic carbocycles. The van der Waals surface area contributed by atoms with E-state index in [4.69, 9.17) is 9.94 Å². The van der Waals surface area contributed by atoms with E-state index in [9.17, 15) is 0 Å². The van der Waals surface area contributed by atoms with Gasteiger partial charge in [-0.25, -0.2) is 4.98 Å². The SMILES string of the molecule is Cc1ccc(Nc2nc3cc(Oc4ccnc(C=NO)c4)ccc3n2C)cc1. The second kappa shape index (κ2) is 7.40. The molecule has 2 aromatic carbocycles. The molecule has 0 spiro atoms. The molecular formula is C21H19N5O2. The number of aryl methyl sites for hydroxylation is 2. The van der Waals surface area contributed by atoms with Gasteiger partial charge in [0.25, 0.3) is 0 Å². The molecule has 2 heterocycles. The normalized spacial score (nSPS) is 11.2. The molecule has 2 aromatic heterocycles. The molecule has 2 N–H and O–H groups in total. The molecular weight excluding hydrogens is 354 g/mol. The van der Waals surface area contributed by atoms with Gasteiger partial charge >= 0.3 is 0 Å². The van der Waals surface area contributed by atoms with Gasteiger partial charge < -0.3 is 19.8 Å². The zero-order valence-electron chi connectivity index (χ0n) is 15.5. The Bertz CT molecular complexity index is 1150. The predicted octanol–water partition coefficient (Wildman–Crippen LogP) is 4.62. The fourth-order valence-electron chi connectivity index (χ4n) is 2.88. The molecule has 7 heteroatoms. The van der Waals surface area contributed by atoms with Gasteiger partial charge in [-0.3, -0.25) is 4.98 Å². The summed E-state index contributed by atoms with van der Waals surface area (Å²) < 4.78 is 7.90. The third-order valence-corrected chi connectivity index (χ3v) is 4.34. The number of rotatable bonds is 5. The standard InChI is InChI=1S/C21H19N5O2/c1-14-3-5-15(6-4-14)24-21-25-19-12-17(7-8-20(19)26(21)2)28-18-9-10-22-16(11-18)13-23-27/h3-13,27H,1-2H3,(H,24,25). The quantitative estimate of drug-likeness (QED) is 0.303. The average molecular weight is 373 g/mol. The average Bonchev–Trinajstić information content (AvgIpc) is 2.99. The summed E-state index contributed by atoms with van der Waals surface area (Å²) in [6.07, 6.45) is 2.84. The lowest BCUT2D eigenvalue weighted by atomic mass is 10.2. The topological polar surface area (TPSA) is 84.6 Å². The van der Waals surface area contributed by atoms with E-state index < -0.39 is 0 Å². The van der Waals surface area contributed by atoms with Crippen molar-refractivity contribution in [2.75, 3.05) is 5.32 Å². The van der Waals surface area contributed by atoms with Crippen LogP contribution in [0.2, 0.25) is 0 Å². The number of fused-ring (bicyclic) bond motifs is 1. The maximum Gasteiger partial charge on any atom is 0.208 e. The lowest BCUT2D eigenvalue weighted by molar-refractivity contribution is 0.321. The summed E-state index contributed by atoms with van der Waals surface area (Å²) in [5.41, 5.74) is 4.51. The smallest absolute Gasteiger partial charge is 0.208 e. The summed E-state index contributed by atoms with van der Waals surface area (Å²) in [6.45, 7) is 2.06. The molecule has 28 heavy (non-hydrogen) atoms. The number of hydrogen-bond donors (Lipinski definition) is 2. The number of nitrogens with one attached hydrogen (secondary N) is 1. The van der Waals surface area contributed by atoms with E-state index in [0.29, 0.717) is 17.2 Å². The lowest BCUT2D eigenvalue weighted by Crippen LogP contribution is -1.98. The van der Waals surface area contributed by atoms with Gasteiger partial charge in [0.15, 0.2) is 0 Å². The van der Waals surface area contributed by atoms with Crippen molar-refractivity contribution in [2.24, 2.45) is 12.2 Å². The molecule has 140 valence electrons.